The Morgan fingerprint density at radius 1 is 0.630 bits per heavy atom. The van der Waals surface area contributed by atoms with Crippen LogP contribution in [0.3, 0.4) is 0 Å². The highest BCUT2D eigenvalue weighted by atomic mass is 32.2. The average Bonchev–Trinajstić information content (AvgIpc) is 2.70. The lowest BCUT2D eigenvalue weighted by atomic mass is 10.4. The zero-order valence-electron chi connectivity index (χ0n) is 14.6. The van der Waals surface area contributed by atoms with Gasteiger partial charge in [0.15, 0.2) is 0 Å². The number of benzene rings is 3. The molecule has 0 radical (unpaired) electrons. The van der Waals surface area contributed by atoms with Crippen molar-refractivity contribution < 1.29 is 0 Å². The van der Waals surface area contributed by atoms with Gasteiger partial charge in [-0.05, 0) is 48.3 Å². The Morgan fingerprint density at radius 3 is 1.74 bits per heavy atom. The Balaban J connectivity index is 1.52. The van der Waals surface area contributed by atoms with E-state index in [-0.39, 0.29) is 0 Å². The Kier molecular flexibility index (Phi) is 6.45. The summed E-state index contributed by atoms with van der Waals surface area (Å²) in [6, 6.07) is 31.3. The minimum absolute atomic E-state index is 0.824. The van der Waals surface area contributed by atoms with E-state index in [0.717, 1.165) is 6.54 Å². The SMILES string of the molecule is C1=C(Sc2ccccc2)CN(Sc2ccccc2)NN1Sc1ccccc1. The second kappa shape index (κ2) is 9.39. The van der Waals surface area contributed by atoms with Crippen molar-refractivity contribution in [2.24, 2.45) is 0 Å². The van der Waals surface area contributed by atoms with Crippen molar-refractivity contribution in [2.45, 2.75) is 14.7 Å². The number of nitrogens with one attached hydrogen (secondary N) is 1. The van der Waals surface area contributed by atoms with Crippen LogP contribution in [0.25, 0.3) is 0 Å². The Hall–Kier alpha value is -1.83. The van der Waals surface area contributed by atoms with Gasteiger partial charge in [0, 0.05) is 37.7 Å². The number of hydrogen-bond acceptors (Lipinski definition) is 6. The highest BCUT2D eigenvalue weighted by molar-refractivity contribution is 8.03. The van der Waals surface area contributed by atoms with E-state index >= 15 is 0 Å². The van der Waals surface area contributed by atoms with E-state index in [1.54, 1.807) is 35.7 Å². The molecule has 1 N–H and O–H groups in total. The van der Waals surface area contributed by atoms with Crippen LogP contribution < -0.4 is 5.53 Å². The first kappa shape index (κ1) is 18.5. The predicted octanol–water partition coefficient (Wildman–Crippen LogP) is 6.07. The summed E-state index contributed by atoms with van der Waals surface area (Å²) in [5.41, 5.74) is 3.47. The quantitative estimate of drug-likeness (QED) is 0.494. The van der Waals surface area contributed by atoms with Gasteiger partial charge >= 0.3 is 0 Å². The summed E-state index contributed by atoms with van der Waals surface area (Å²) in [4.78, 5) is 4.93. The average molecular weight is 410 g/mol. The number of rotatable bonds is 6. The van der Waals surface area contributed by atoms with E-state index < -0.39 is 0 Å². The molecule has 1 heterocycles. The van der Waals surface area contributed by atoms with E-state index in [4.69, 9.17) is 0 Å². The molecule has 6 heteroatoms. The molecule has 27 heavy (non-hydrogen) atoms. The maximum Gasteiger partial charge on any atom is 0.0596 e. The minimum atomic E-state index is 0.824. The molecule has 0 saturated heterocycles. The predicted molar refractivity (Wildman–Crippen MR) is 117 cm³/mol. The topological polar surface area (TPSA) is 18.5 Å². The molecule has 0 atom stereocenters. The van der Waals surface area contributed by atoms with Crippen molar-refractivity contribution in [3.8, 4) is 0 Å². The second-order valence-corrected chi connectivity index (χ2v) is 9.12. The van der Waals surface area contributed by atoms with Gasteiger partial charge in [-0.15, -0.1) is 5.53 Å². The normalized spacial score (nSPS) is 14.8. The minimum Gasteiger partial charge on any atom is -0.238 e. The first-order valence-corrected chi connectivity index (χ1v) is 10.9. The van der Waals surface area contributed by atoms with E-state index in [1.807, 2.05) is 12.1 Å². The van der Waals surface area contributed by atoms with Crippen LogP contribution in [0, 0.1) is 0 Å². The molecule has 1 aliphatic rings. The lowest BCUT2D eigenvalue weighted by molar-refractivity contribution is 0.235. The summed E-state index contributed by atoms with van der Waals surface area (Å²) in [5.74, 6) is 0. The highest BCUT2D eigenvalue weighted by Crippen LogP contribution is 2.35. The molecule has 3 aromatic rings. The van der Waals surface area contributed by atoms with E-state index in [0.29, 0.717) is 0 Å². The van der Waals surface area contributed by atoms with Gasteiger partial charge in [0.25, 0.3) is 0 Å². The van der Waals surface area contributed by atoms with E-state index in [9.17, 15) is 0 Å². The molecule has 3 nitrogen and oxygen atoms in total. The first-order chi connectivity index (χ1) is 13.3. The maximum atomic E-state index is 3.47. The third-order valence-corrected chi connectivity index (χ3v) is 6.45. The summed E-state index contributed by atoms with van der Waals surface area (Å²) in [6.45, 7) is 0.824. The van der Waals surface area contributed by atoms with Crippen LogP contribution in [0.2, 0.25) is 0 Å². The second-order valence-electron chi connectivity index (χ2n) is 5.78. The molecule has 1 aliphatic heterocycles. The van der Waals surface area contributed by atoms with Gasteiger partial charge in [0.05, 0.1) is 6.54 Å². The van der Waals surface area contributed by atoms with Gasteiger partial charge in [-0.25, -0.2) is 4.41 Å². The van der Waals surface area contributed by atoms with Gasteiger partial charge < -0.3 is 0 Å². The van der Waals surface area contributed by atoms with Gasteiger partial charge in [-0.3, -0.25) is 0 Å². The van der Waals surface area contributed by atoms with Crippen molar-refractivity contribution in [3.63, 3.8) is 0 Å². The summed E-state index contributed by atoms with van der Waals surface area (Å²) >= 11 is 5.18. The summed E-state index contributed by atoms with van der Waals surface area (Å²) in [7, 11) is 0. The molecule has 0 aliphatic carbocycles. The van der Waals surface area contributed by atoms with Crippen molar-refractivity contribution in [2.75, 3.05) is 6.54 Å². The van der Waals surface area contributed by atoms with Crippen LogP contribution >= 0.6 is 35.7 Å². The fourth-order valence-corrected chi connectivity index (χ4v) is 5.33. The lowest BCUT2D eigenvalue weighted by Crippen LogP contribution is -2.44. The standard InChI is InChI=1S/C21H19N3S3/c1-4-10-18(11-5-1)25-21-16-23(26-19-12-6-2-7-13-19)22-24(17-21)27-20-14-8-3-9-15-20/h1-16,22H,17H2. The molecule has 0 amide bonds. The van der Waals surface area contributed by atoms with Gasteiger partial charge in [0.2, 0.25) is 0 Å². The van der Waals surface area contributed by atoms with E-state index in [2.05, 4.69) is 99.4 Å². The molecule has 0 fully saturated rings. The fraction of sp³-hybridized carbons (Fsp3) is 0.0476. The molecule has 0 unspecified atom stereocenters. The molecule has 0 saturated carbocycles. The maximum absolute atomic E-state index is 3.47. The third-order valence-electron chi connectivity index (χ3n) is 3.67. The molecule has 0 aromatic heterocycles. The van der Waals surface area contributed by atoms with Crippen molar-refractivity contribution >= 4 is 35.7 Å². The van der Waals surface area contributed by atoms with E-state index in [1.165, 1.54) is 19.6 Å². The molecule has 0 spiro atoms. The summed E-state index contributed by atoms with van der Waals surface area (Å²) < 4.78 is 4.23. The first-order valence-electron chi connectivity index (χ1n) is 8.58. The zero-order chi connectivity index (χ0) is 18.3. The van der Waals surface area contributed by atoms with Crippen LogP contribution in [-0.2, 0) is 0 Å². The number of hydrogen-bond donors (Lipinski definition) is 1. The smallest absolute Gasteiger partial charge is 0.0596 e. The Morgan fingerprint density at radius 2 is 1.15 bits per heavy atom. The lowest BCUT2D eigenvalue weighted by Gasteiger charge is -2.34. The van der Waals surface area contributed by atoms with Crippen LogP contribution in [0.15, 0.2) is 117 Å². The molecular weight excluding hydrogens is 390 g/mol. The summed E-state index contributed by atoms with van der Waals surface area (Å²) in [6.07, 6.45) is 2.18. The van der Waals surface area contributed by atoms with Crippen LogP contribution in [-0.4, -0.2) is 15.4 Å². The molecule has 136 valence electrons. The molecule has 3 aromatic carbocycles. The van der Waals surface area contributed by atoms with Crippen molar-refractivity contribution in [1.82, 2.24) is 14.4 Å². The number of hydrazine groups is 2. The number of nitrogens with zero attached hydrogens (tertiary/aromatic N) is 2. The largest absolute Gasteiger partial charge is 0.238 e. The fourth-order valence-electron chi connectivity index (χ4n) is 2.49. The van der Waals surface area contributed by atoms with Gasteiger partial charge in [-0.2, -0.15) is 4.41 Å². The highest BCUT2D eigenvalue weighted by Gasteiger charge is 2.20. The molecular formula is C21H19N3S3. The monoisotopic (exact) mass is 409 g/mol. The van der Waals surface area contributed by atoms with Crippen LogP contribution in [0.1, 0.15) is 0 Å². The van der Waals surface area contributed by atoms with Gasteiger partial charge in [-0.1, -0.05) is 66.4 Å². The Labute approximate surface area is 173 Å². The molecule has 4 rings (SSSR count). The van der Waals surface area contributed by atoms with Crippen molar-refractivity contribution in [1.29, 1.82) is 0 Å². The zero-order valence-corrected chi connectivity index (χ0v) is 17.0. The Bertz CT molecular complexity index is 873. The van der Waals surface area contributed by atoms with Crippen LogP contribution in [0.4, 0.5) is 0 Å². The number of thioether (sulfide) groups is 1. The molecule has 0 bridgehead atoms. The van der Waals surface area contributed by atoms with Crippen LogP contribution in [0.5, 0.6) is 0 Å². The summed E-state index contributed by atoms with van der Waals surface area (Å²) in [5, 5.41) is 0. The van der Waals surface area contributed by atoms with Gasteiger partial charge in [0.1, 0.15) is 0 Å². The third kappa shape index (κ3) is 5.57. The van der Waals surface area contributed by atoms with Crippen molar-refractivity contribution in [3.05, 3.63) is 102 Å².